The summed E-state index contributed by atoms with van der Waals surface area (Å²) >= 11 is 6.12. The third-order valence-corrected chi connectivity index (χ3v) is 6.89. The number of carbonyl (C=O) groups excluding carboxylic acids is 1. The molecule has 1 aromatic heterocycles. The second-order valence-corrected chi connectivity index (χ2v) is 9.37. The molecule has 0 spiro atoms. The van der Waals surface area contributed by atoms with Crippen LogP contribution < -0.4 is 0 Å². The Kier molecular flexibility index (Phi) is 7.36. The molecule has 7 heteroatoms. The van der Waals surface area contributed by atoms with Crippen molar-refractivity contribution < 1.29 is 9.90 Å². The molecular weight excluding hydrogens is 436 g/mol. The molecule has 6 nitrogen and oxygen atoms in total. The molecule has 174 valence electrons. The van der Waals surface area contributed by atoms with Gasteiger partial charge >= 0.3 is 0 Å². The van der Waals surface area contributed by atoms with E-state index in [9.17, 15) is 9.90 Å². The van der Waals surface area contributed by atoms with Crippen LogP contribution in [0.1, 0.15) is 34.5 Å². The van der Waals surface area contributed by atoms with Gasteiger partial charge in [-0.05, 0) is 68.1 Å². The molecule has 4 rings (SSSR count). The van der Waals surface area contributed by atoms with Crippen molar-refractivity contribution in [2.45, 2.75) is 31.8 Å². The lowest BCUT2D eigenvalue weighted by molar-refractivity contribution is 0.0578. The van der Waals surface area contributed by atoms with E-state index in [2.05, 4.69) is 22.1 Å². The van der Waals surface area contributed by atoms with Gasteiger partial charge in [0.15, 0.2) is 0 Å². The number of carbonyl (C=O) groups is 1. The van der Waals surface area contributed by atoms with Crippen molar-refractivity contribution >= 4 is 17.5 Å². The molecule has 1 amide bonds. The highest BCUT2D eigenvalue weighted by molar-refractivity contribution is 6.30. The van der Waals surface area contributed by atoms with E-state index in [0.717, 1.165) is 37.9 Å². The largest absolute Gasteiger partial charge is 0.508 e. The third-order valence-electron chi connectivity index (χ3n) is 6.65. The summed E-state index contributed by atoms with van der Waals surface area (Å²) in [6, 6.07) is 17.4. The molecule has 3 aromatic rings. The molecule has 1 unspecified atom stereocenters. The zero-order chi connectivity index (χ0) is 23.4. The van der Waals surface area contributed by atoms with Gasteiger partial charge in [0.2, 0.25) is 0 Å². The minimum Gasteiger partial charge on any atom is -0.508 e. The van der Waals surface area contributed by atoms with E-state index in [1.54, 1.807) is 29.1 Å². The molecule has 0 bridgehead atoms. The van der Waals surface area contributed by atoms with Crippen LogP contribution in [0.2, 0.25) is 5.02 Å². The summed E-state index contributed by atoms with van der Waals surface area (Å²) in [5, 5.41) is 15.1. The van der Waals surface area contributed by atoms with Gasteiger partial charge in [-0.3, -0.25) is 14.4 Å². The van der Waals surface area contributed by atoms with Gasteiger partial charge in [0.25, 0.3) is 5.91 Å². The van der Waals surface area contributed by atoms with Gasteiger partial charge in [0, 0.05) is 43.5 Å². The molecule has 1 aliphatic heterocycles. The van der Waals surface area contributed by atoms with E-state index >= 15 is 0 Å². The minimum atomic E-state index is -0.0391. The van der Waals surface area contributed by atoms with E-state index in [1.807, 2.05) is 43.3 Å². The number of likely N-dealkylation sites (N-methyl/N-ethyl adjacent to an activating group) is 1. The summed E-state index contributed by atoms with van der Waals surface area (Å²) in [5.74, 6) is 0.624. The maximum atomic E-state index is 13.2. The Morgan fingerprint density at radius 3 is 2.58 bits per heavy atom. The predicted octanol–water partition coefficient (Wildman–Crippen LogP) is 4.37. The normalized spacial score (nSPS) is 16.0. The van der Waals surface area contributed by atoms with Gasteiger partial charge in [-0.15, -0.1) is 0 Å². The first kappa shape index (κ1) is 23.3. The molecule has 1 N–H and O–H groups in total. The van der Waals surface area contributed by atoms with Gasteiger partial charge in [0.05, 0.1) is 0 Å². The van der Waals surface area contributed by atoms with E-state index in [4.69, 9.17) is 11.6 Å². The number of halogens is 1. The Morgan fingerprint density at radius 1 is 1.18 bits per heavy atom. The van der Waals surface area contributed by atoms with E-state index in [-0.39, 0.29) is 17.7 Å². The van der Waals surface area contributed by atoms with Crippen LogP contribution in [0.4, 0.5) is 0 Å². The number of rotatable bonds is 7. The van der Waals surface area contributed by atoms with Gasteiger partial charge < -0.3 is 10.0 Å². The number of aryl methyl sites for hydroxylation is 1. The molecule has 1 fully saturated rings. The fraction of sp³-hybridized carbons (Fsp3) is 0.385. The molecule has 1 atom stereocenters. The van der Waals surface area contributed by atoms with Crippen LogP contribution in [-0.4, -0.2) is 56.8 Å². The predicted molar refractivity (Wildman–Crippen MR) is 130 cm³/mol. The van der Waals surface area contributed by atoms with Crippen LogP contribution >= 0.6 is 11.6 Å². The summed E-state index contributed by atoms with van der Waals surface area (Å²) in [6.45, 7) is 2.49. The Hall–Kier alpha value is -2.83. The molecule has 0 aliphatic carbocycles. The highest BCUT2D eigenvalue weighted by Gasteiger charge is 2.32. The van der Waals surface area contributed by atoms with E-state index < -0.39 is 0 Å². The number of hydrogen-bond acceptors (Lipinski definition) is 4. The van der Waals surface area contributed by atoms with E-state index in [0.29, 0.717) is 23.2 Å². The number of phenolic OH excluding ortho intramolecular Hbond substituents is 1. The van der Waals surface area contributed by atoms with Gasteiger partial charge in [-0.1, -0.05) is 41.9 Å². The summed E-state index contributed by atoms with van der Waals surface area (Å²) in [6.07, 6.45) is 4.59. The van der Waals surface area contributed by atoms with Crippen molar-refractivity contribution in [3.8, 4) is 5.75 Å². The minimum absolute atomic E-state index is 0.0391. The van der Waals surface area contributed by atoms with Gasteiger partial charge in [-0.25, -0.2) is 0 Å². The fourth-order valence-electron chi connectivity index (χ4n) is 4.75. The Balaban J connectivity index is 1.46. The van der Waals surface area contributed by atoms with Crippen molar-refractivity contribution in [2.75, 3.05) is 20.1 Å². The maximum Gasteiger partial charge on any atom is 0.274 e. The third kappa shape index (κ3) is 5.75. The molecule has 33 heavy (non-hydrogen) atoms. The van der Waals surface area contributed by atoms with Crippen molar-refractivity contribution in [3.63, 3.8) is 0 Å². The lowest BCUT2D eigenvalue weighted by Crippen LogP contribution is -2.47. The average Bonchev–Trinajstić information content (AvgIpc) is 3.26. The number of aromatic hydroxyl groups is 1. The first-order chi connectivity index (χ1) is 15.9. The Morgan fingerprint density at radius 2 is 1.91 bits per heavy atom. The van der Waals surface area contributed by atoms with Crippen molar-refractivity contribution in [2.24, 2.45) is 13.0 Å². The first-order valence-corrected chi connectivity index (χ1v) is 11.8. The zero-order valence-corrected chi connectivity index (χ0v) is 19.9. The highest BCUT2D eigenvalue weighted by Crippen LogP contribution is 2.29. The molecule has 1 aliphatic rings. The topological polar surface area (TPSA) is 61.6 Å². The number of nitrogens with zero attached hydrogens (tertiary/aromatic N) is 4. The number of hydrogen-bond donors (Lipinski definition) is 1. The van der Waals surface area contributed by atoms with Crippen LogP contribution in [0, 0.1) is 5.92 Å². The van der Waals surface area contributed by atoms with Crippen LogP contribution in [0.15, 0.2) is 60.8 Å². The van der Waals surface area contributed by atoms with Crippen molar-refractivity contribution in [1.29, 1.82) is 0 Å². The van der Waals surface area contributed by atoms with Crippen LogP contribution in [-0.2, 0) is 20.0 Å². The molecule has 2 aromatic carbocycles. The SMILES string of the molecule is CN(C(=O)c1ccn(C)n1)C(Cc1ccccc1)C1CCN(Cc2cc(Cl)ccc2O)CC1. The lowest BCUT2D eigenvalue weighted by atomic mass is 9.84. The monoisotopic (exact) mass is 466 g/mol. The summed E-state index contributed by atoms with van der Waals surface area (Å²) in [4.78, 5) is 17.4. The molecule has 0 radical (unpaired) electrons. The van der Waals surface area contributed by atoms with Crippen molar-refractivity contribution in [3.05, 3.63) is 82.6 Å². The summed E-state index contributed by atoms with van der Waals surface area (Å²) in [5.41, 5.74) is 2.56. The molecule has 2 heterocycles. The second-order valence-electron chi connectivity index (χ2n) is 8.93. The van der Waals surface area contributed by atoms with Crippen LogP contribution in [0.5, 0.6) is 5.75 Å². The smallest absolute Gasteiger partial charge is 0.274 e. The Labute approximate surface area is 200 Å². The van der Waals surface area contributed by atoms with Gasteiger partial charge in [-0.2, -0.15) is 5.10 Å². The number of likely N-dealkylation sites (tertiary alicyclic amines) is 1. The molecular formula is C26H31ClN4O2. The number of amides is 1. The van der Waals surface area contributed by atoms with Crippen LogP contribution in [0.3, 0.4) is 0 Å². The summed E-state index contributed by atoms with van der Waals surface area (Å²) < 4.78 is 1.66. The zero-order valence-electron chi connectivity index (χ0n) is 19.2. The second kappa shape index (κ2) is 10.4. The molecule has 0 saturated carbocycles. The number of piperidine rings is 1. The fourth-order valence-corrected chi connectivity index (χ4v) is 4.95. The first-order valence-electron chi connectivity index (χ1n) is 11.4. The standard InChI is InChI=1S/C26H31ClN4O2/c1-29-13-12-23(28-29)26(33)30(2)24(16-19-6-4-3-5-7-19)20-10-14-31(15-11-20)18-21-17-22(27)8-9-25(21)32/h3-9,12-13,17,20,24,32H,10-11,14-16,18H2,1-2H3. The van der Waals surface area contributed by atoms with Gasteiger partial charge in [0.1, 0.15) is 11.4 Å². The average molecular weight is 467 g/mol. The number of aromatic nitrogens is 2. The Bertz CT molecular complexity index is 1080. The highest BCUT2D eigenvalue weighted by atomic mass is 35.5. The maximum absolute atomic E-state index is 13.2. The van der Waals surface area contributed by atoms with E-state index in [1.165, 1.54) is 5.56 Å². The quantitative estimate of drug-likeness (QED) is 0.561. The summed E-state index contributed by atoms with van der Waals surface area (Å²) in [7, 11) is 3.73. The number of phenols is 1. The number of benzene rings is 2. The lowest BCUT2D eigenvalue weighted by Gasteiger charge is -2.40. The van der Waals surface area contributed by atoms with Crippen molar-refractivity contribution in [1.82, 2.24) is 19.6 Å². The molecule has 1 saturated heterocycles. The van der Waals surface area contributed by atoms with Crippen LogP contribution in [0.25, 0.3) is 0 Å².